The number of anilines is 1. The van der Waals surface area contributed by atoms with Crippen LogP contribution in [-0.4, -0.2) is 36.3 Å². The van der Waals surface area contributed by atoms with Crippen molar-refractivity contribution < 1.29 is 4.74 Å². The summed E-state index contributed by atoms with van der Waals surface area (Å²) in [6.45, 7) is 2.96. The fourth-order valence-electron chi connectivity index (χ4n) is 2.83. The van der Waals surface area contributed by atoms with Crippen molar-refractivity contribution in [2.75, 3.05) is 25.0 Å². The van der Waals surface area contributed by atoms with E-state index < -0.39 is 0 Å². The van der Waals surface area contributed by atoms with Gasteiger partial charge in [0.2, 0.25) is 0 Å². The number of nitrogens with one attached hydrogen (secondary N) is 2. The van der Waals surface area contributed by atoms with E-state index in [1.54, 1.807) is 0 Å². The average molecular weight is 233 g/mol. The van der Waals surface area contributed by atoms with E-state index in [1.165, 1.54) is 0 Å². The minimum atomic E-state index is 0.123. The number of aromatic nitrogens is 1. The lowest BCUT2D eigenvalue weighted by Crippen LogP contribution is -2.41. The van der Waals surface area contributed by atoms with Crippen LogP contribution in [0.3, 0.4) is 0 Å². The second kappa shape index (κ2) is 4.63. The van der Waals surface area contributed by atoms with E-state index in [0.29, 0.717) is 6.04 Å². The van der Waals surface area contributed by atoms with Gasteiger partial charge in [-0.2, -0.15) is 0 Å². The molecule has 1 aromatic heterocycles. The maximum atomic E-state index is 6.04. The van der Waals surface area contributed by atoms with Crippen molar-refractivity contribution in [1.29, 1.82) is 0 Å². The van der Waals surface area contributed by atoms with Gasteiger partial charge in [0.15, 0.2) is 0 Å². The van der Waals surface area contributed by atoms with Crippen LogP contribution in [0, 0.1) is 0 Å². The van der Waals surface area contributed by atoms with Crippen LogP contribution >= 0.6 is 0 Å². The molecule has 2 N–H and O–H groups in total. The summed E-state index contributed by atoms with van der Waals surface area (Å²) in [4.78, 5) is 4.30. The molecule has 4 nitrogen and oxygen atoms in total. The van der Waals surface area contributed by atoms with Crippen molar-refractivity contribution in [3.05, 3.63) is 24.4 Å². The molecule has 1 spiro atoms. The molecule has 2 saturated heterocycles. The molecule has 3 heterocycles. The minimum absolute atomic E-state index is 0.123. The topological polar surface area (TPSA) is 46.2 Å². The summed E-state index contributed by atoms with van der Waals surface area (Å²) in [6.07, 6.45) is 5.19. The second-order valence-electron chi connectivity index (χ2n) is 5.00. The van der Waals surface area contributed by atoms with Crippen LogP contribution in [0.1, 0.15) is 19.3 Å². The molecular formula is C13H19N3O. The lowest BCUT2D eigenvalue weighted by atomic mass is 9.88. The fraction of sp³-hybridized carbons (Fsp3) is 0.615. The number of pyridine rings is 1. The third-order valence-corrected chi connectivity index (χ3v) is 3.74. The van der Waals surface area contributed by atoms with Gasteiger partial charge in [-0.1, -0.05) is 6.07 Å². The SMILES string of the molecule is c1ccc(NC2COC3(CCNCC3)C2)nc1. The van der Waals surface area contributed by atoms with Crippen LogP contribution in [0.15, 0.2) is 24.4 Å². The molecule has 4 heteroatoms. The van der Waals surface area contributed by atoms with Crippen molar-refractivity contribution in [3.8, 4) is 0 Å². The van der Waals surface area contributed by atoms with Crippen LogP contribution in [0.4, 0.5) is 5.82 Å². The second-order valence-corrected chi connectivity index (χ2v) is 5.00. The van der Waals surface area contributed by atoms with Crippen molar-refractivity contribution in [1.82, 2.24) is 10.3 Å². The predicted octanol–water partition coefficient (Wildman–Crippen LogP) is 1.40. The first-order valence-corrected chi connectivity index (χ1v) is 6.39. The molecule has 17 heavy (non-hydrogen) atoms. The van der Waals surface area contributed by atoms with Crippen LogP contribution in [-0.2, 0) is 4.74 Å². The number of rotatable bonds is 2. The first kappa shape index (κ1) is 11.0. The Hall–Kier alpha value is -1.13. The van der Waals surface area contributed by atoms with E-state index in [0.717, 1.165) is 44.8 Å². The smallest absolute Gasteiger partial charge is 0.126 e. The van der Waals surface area contributed by atoms with Gasteiger partial charge >= 0.3 is 0 Å². The highest BCUT2D eigenvalue weighted by Crippen LogP contribution is 2.34. The molecule has 2 aliphatic rings. The molecule has 0 aliphatic carbocycles. The van der Waals surface area contributed by atoms with Gasteiger partial charge in [0.05, 0.1) is 18.2 Å². The number of nitrogens with zero attached hydrogens (tertiary/aromatic N) is 1. The van der Waals surface area contributed by atoms with Crippen LogP contribution < -0.4 is 10.6 Å². The number of piperidine rings is 1. The van der Waals surface area contributed by atoms with Crippen LogP contribution in [0.2, 0.25) is 0 Å². The fourth-order valence-corrected chi connectivity index (χ4v) is 2.83. The average Bonchev–Trinajstić information content (AvgIpc) is 2.74. The Labute approximate surface area is 102 Å². The maximum Gasteiger partial charge on any atom is 0.126 e. The van der Waals surface area contributed by atoms with Crippen LogP contribution in [0.25, 0.3) is 0 Å². The summed E-state index contributed by atoms with van der Waals surface area (Å²) >= 11 is 0. The Kier molecular flexibility index (Phi) is 2.99. The molecule has 0 bridgehead atoms. The number of ether oxygens (including phenoxy) is 1. The minimum Gasteiger partial charge on any atom is -0.373 e. The van der Waals surface area contributed by atoms with Crippen LogP contribution in [0.5, 0.6) is 0 Å². The third-order valence-electron chi connectivity index (χ3n) is 3.74. The van der Waals surface area contributed by atoms with Gasteiger partial charge in [-0.15, -0.1) is 0 Å². The lowest BCUT2D eigenvalue weighted by Gasteiger charge is -2.32. The number of hydrogen-bond donors (Lipinski definition) is 2. The molecule has 2 aliphatic heterocycles. The lowest BCUT2D eigenvalue weighted by molar-refractivity contribution is -0.0192. The molecule has 0 amide bonds. The monoisotopic (exact) mass is 233 g/mol. The summed E-state index contributed by atoms with van der Waals surface area (Å²) in [5, 5.41) is 6.84. The molecule has 1 atom stereocenters. The highest BCUT2D eigenvalue weighted by atomic mass is 16.5. The molecule has 3 rings (SSSR count). The zero-order valence-corrected chi connectivity index (χ0v) is 9.98. The van der Waals surface area contributed by atoms with Gasteiger partial charge in [0.25, 0.3) is 0 Å². The van der Waals surface area contributed by atoms with E-state index in [1.807, 2.05) is 24.4 Å². The Morgan fingerprint density at radius 3 is 3.00 bits per heavy atom. The highest BCUT2D eigenvalue weighted by Gasteiger charge is 2.41. The van der Waals surface area contributed by atoms with Gasteiger partial charge in [0.1, 0.15) is 5.82 Å². The largest absolute Gasteiger partial charge is 0.373 e. The summed E-state index contributed by atoms with van der Waals surface area (Å²) < 4.78 is 6.04. The van der Waals surface area contributed by atoms with E-state index in [4.69, 9.17) is 4.74 Å². The van der Waals surface area contributed by atoms with E-state index >= 15 is 0 Å². The van der Waals surface area contributed by atoms with Gasteiger partial charge in [-0.05, 0) is 44.5 Å². The van der Waals surface area contributed by atoms with E-state index in [2.05, 4.69) is 15.6 Å². The summed E-state index contributed by atoms with van der Waals surface area (Å²) in [6, 6.07) is 6.35. The molecule has 92 valence electrons. The Bertz CT molecular complexity index is 362. The van der Waals surface area contributed by atoms with Gasteiger partial charge in [-0.3, -0.25) is 0 Å². The molecule has 2 fully saturated rings. The normalized spacial score (nSPS) is 27.2. The van der Waals surface area contributed by atoms with Crippen molar-refractivity contribution in [2.45, 2.75) is 30.9 Å². The van der Waals surface area contributed by atoms with E-state index in [9.17, 15) is 0 Å². The van der Waals surface area contributed by atoms with Crippen molar-refractivity contribution >= 4 is 5.82 Å². The molecule has 0 aromatic carbocycles. The molecule has 1 unspecified atom stereocenters. The highest BCUT2D eigenvalue weighted by molar-refractivity contribution is 5.35. The predicted molar refractivity (Wildman–Crippen MR) is 67.1 cm³/mol. The van der Waals surface area contributed by atoms with Gasteiger partial charge < -0.3 is 15.4 Å². The third kappa shape index (κ3) is 2.42. The first-order valence-electron chi connectivity index (χ1n) is 6.39. The Morgan fingerprint density at radius 2 is 2.24 bits per heavy atom. The standard InChI is InChI=1S/C13H19N3O/c1-2-6-15-12(3-1)16-11-9-13(17-10-11)4-7-14-8-5-13/h1-3,6,11,14H,4-5,7-10H2,(H,15,16). The molecule has 0 saturated carbocycles. The van der Waals surface area contributed by atoms with Crippen molar-refractivity contribution in [2.24, 2.45) is 0 Å². The first-order chi connectivity index (χ1) is 8.36. The molecule has 0 radical (unpaired) electrons. The van der Waals surface area contributed by atoms with Gasteiger partial charge in [0, 0.05) is 6.20 Å². The Morgan fingerprint density at radius 1 is 1.35 bits per heavy atom. The summed E-state index contributed by atoms with van der Waals surface area (Å²) in [7, 11) is 0. The Balaban J connectivity index is 1.60. The summed E-state index contributed by atoms with van der Waals surface area (Å²) in [5.74, 6) is 0.951. The zero-order chi connectivity index (χ0) is 11.6. The van der Waals surface area contributed by atoms with Crippen molar-refractivity contribution in [3.63, 3.8) is 0 Å². The maximum absolute atomic E-state index is 6.04. The number of hydrogen-bond acceptors (Lipinski definition) is 4. The molecule has 1 aromatic rings. The quantitative estimate of drug-likeness (QED) is 0.810. The zero-order valence-electron chi connectivity index (χ0n) is 9.98. The van der Waals surface area contributed by atoms with E-state index in [-0.39, 0.29) is 5.60 Å². The summed E-state index contributed by atoms with van der Waals surface area (Å²) in [5.41, 5.74) is 0.123. The van der Waals surface area contributed by atoms with Gasteiger partial charge in [-0.25, -0.2) is 4.98 Å². The molecular weight excluding hydrogens is 214 g/mol.